The van der Waals surface area contributed by atoms with Crippen LogP contribution in [-0.2, 0) is 22.0 Å². The first kappa shape index (κ1) is 18.7. The Morgan fingerprint density at radius 1 is 1.04 bits per heavy atom. The van der Waals surface area contributed by atoms with Gasteiger partial charge in [-0.2, -0.15) is 0 Å². The maximum atomic E-state index is 12.1. The fraction of sp³-hybridized carbons (Fsp3) is 0.400. The quantitative estimate of drug-likeness (QED) is 0.832. The van der Waals surface area contributed by atoms with Gasteiger partial charge in [0.15, 0.2) is 0 Å². The number of hydrogen-bond donors (Lipinski definition) is 1. The third-order valence-corrected chi connectivity index (χ3v) is 5.12. The van der Waals surface area contributed by atoms with Gasteiger partial charge in [-0.3, -0.25) is 4.21 Å². The predicted octanol–water partition coefficient (Wildman–Crippen LogP) is 3.67. The summed E-state index contributed by atoms with van der Waals surface area (Å²) in [7, 11) is -1.10. The maximum Gasteiger partial charge on any atom is 0.119 e. The largest absolute Gasteiger partial charge is 0.491 e. The third kappa shape index (κ3) is 6.10. The maximum absolute atomic E-state index is 12.1. The van der Waals surface area contributed by atoms with Gasteiger partial charge >= 0.3 is 0 Å². The fourth-order valence-corrected chi connectivity index (χ4v) is 3.53. The first-order chi connectivity index (χ1) is 11.3. The zero-order valence-electron chi connectivity index (χ0n) is 14.6. The van der Waals surface area contributed by atoms with E-state index in [1.165, 1.54) is 5.56 Å². The lowest BCUT2D eigenvalue weighted by molar-refractivity contribution is 0.125. The van der Waals surface area contributed by atoms with Gasteiger partial charge in [0.2, 0.25) is 0 Å². The molecule has 0 unspecified atom stereocenters. The van der Waals surface area contributed by atoms with E-state index in [-0.39, 0.29) is 17.8 Å². The van der Waals surface area contributed by atoms with Gasteiger partial charge in [-0.05, 0) is 28.7 Å². The number of hydrogen-bond acceptors (Lipinski definition) is 3. The summed E-state index contributed by atoms with van der Waals surface area (Å²) in [6.45, 7) is 6.63. The highest BCUT2D eigenvalue weighted by molar-refractivity contribution is 7.84. The summed E-state index contributed by atoms with van der Waals surface area (Å²) in [4.78, 5) is 0. The first-order valence-corrected chi connectivity index (χ1v) is 9.64. The average Bonchev–Trinajstić information content (AvgIpc) is 2.53. The van der Waals surface area contributed by atoms with Gasteiger partial charge in [-0.1, -0.05) is 63.2 Å². The molecule has 0 amide bonds. The van der Waals surface area contributed by atoms with Crippen LogP contribution in [-0.4, -0.2) is 27.8 Å². The van der Waals surface area contributed by atoms with Crippen molar-refractivity contribution in [2.75, 3.05) is 12.4 Å². The van der Waals surface area contributed by atoms with E-state index in [2.05, 4.69) is 20.8 Å². The fourth-order valence-electron chi connectivity index (χ4n) is 2.33. The molecule has 1 N–H and O–H groups in total. The Morgan fingerprint density at radius 2 is 1.67 bits per heavy atom. The van der Waals surface area contributed by atoms with Gasteiger partial charge in [0, 0.05) is 16.6 Å². The van der Waals surface area contributed by atoms with E-state index in [0.29, 0.717) is 5.75 Å². The molecule has 0 fully saturated rings. The Hall–Kier alpha value is -1.65. The summed E-state index contributed by atoms with van der Waals surface area (Å²) >= 11 is 0. The van der Waals surface area contributed by atoms with Crippen molar-refractivity contribution in [1.82, 2.24) is 0 Å². The van der Waals surface area contributed by atoms with Crippen molar-refractivity contribution in [2.45, 2.75) is 38.0 Å². The molecular formula is C20H26O3S. The normalized spacial score (nSPS) is 14.2. The number of benzene rings is 2. The number of rotatable bonds is 7. The molecule has 2 aromatic rings. The minimum absolute atomic E-state index is 0.104. The molecule has 3 nitrogen and oxygen atoms in total. The molecule has 0 aromatic heterocycles. The molecule has 0 aliphatic rings. The topological polar surface area (TPSA) is 46.5 Å². The van der Waals surface area contributed by atoms with E-state index in [4.69, 9.17) is 4.74 Å². The highest BCUT2D eigenvalue weighted by atomic mass is 32.2. The van der Waals surface area contributed by atoms with Crippen molar-refractivity contribution in [1.29, 1.82) is 0 Å². The number of ether oxygens (including phenoxy) is 1. The van der Waals surface area contributed by atoms with Crippen LogP contribution in [0.4, 0.5) is 0 Å². The molecule has 4 heteroatoms. The van der Waals surface area contributed by atoms with Crippen molar-refractivity contribution in [3.8, 4) is 5.75 Å². The Kier molecular flexibility index (Phi) is 6.58. The summed E-state index contributed by atoms with van der Waals surface area (Å²) < 4.78 is 17.7. The Bertz CT molecular complexity index is 645. The zero-order chi connectivity index (χ0) is 17.6. The van der Waals surface area contributed by atoms with Crippen LogP contribution in [0.15, 0.2) is 54.6 Å². The van der Waals surface area contributed by atoms with Gasteiger partial charge in [0.25, 0.3) is 0 Å². The van der Waals surface area contributed by atoms with Gasteiger partial charge in [-0.25, -0.2) is 0 Å². The lowest BCUT2D eigenvalue weighted by Gasteiger charge is -2.19. The Morgan fingerprint density at radius 3 is 2.25 bits per heavy atom. The van der Waals surface area contributed by atoms with E-state index >= 15 is 0 Å². The highest BCUT2D eigenvalue weighted by Gasteiger charge is 2.14. The summed E-state index contributed by atoms with van der Waals surface area (Å²) in [5.41, 5.74) is 2.35. The average molecular weight is 346 g/mol. The molecule has 0 aliphatic heterocycles. The molecule has 24 heavy (non-hydrogen) atoms. The van der Waals surface area contributed by atoms with Crippen LogP contribution in [0.1, 0.15) is 31.9 Å². The molecule has 0 aliphatic carbocycles. The van der Waals surface area contributed by atoms with E-state index in [0.717, 1.165) is 11.3 Å². The highest BCUT2D eigenvalue weighted by Crippen LogP contribution is 2.24. The van der Waals surface area contributed by atoms with E-state index < -0.39 is 16.9 Å². The van der Waals surface area contributed by atoms with Gasteiger partial charge in [0.05, 0.1) is 11.9 Å². The molecule has 0 spiro atoms. The molecule has 0 saturated heterocycles. The lowest BCUT2D eigenvalue weighted by atomic mass is 9.87. The lowest BCUT2D eigenvalue weighted by Crippen LogP contribution is -2.25. The number of aliphatic hydroxyl groups excluding tert-OH is 1. The molecule has 2 aromatic carbocycles. The first-order valence-electron chi connectivity index (χ1n) is 8.15. The molecule has 0 radical (unpaired) electrons. The second kappa shape index (κ2) is 8.45. The van der Waals surface area contributed by atoms with Crippen molar-refractivity contribution in [3.63, 3.8) is 0 Å². The smallest absolute Gasteiger partial charge is 0.119 e. The summed E-state index contributed by atoms with van der Waals surface area (Å²) in [5, 5.41) is 10.0. The second-order valence-corrected chi connectivity index (χ2v) is 8.48. The van der Waals surface area contributed by atoms with Crippen LogP contribution in [0.2, 0.25) is 0 Å². The predicted molar refractivity (Wildman–Crippen MR) is 99.8 cm³/mol. The summed E-state index contributed by atoms with van der Waals surface area (Å²) in [6, 6.07) is 17.6. The molecule has 130 valence electrons. The Balaban J connectivity index is 1.78. The summed E-state index contributed by atoms with van der Waals surface area (Å²) in [5.74, 6) is 1.39. The van der Waals surface area contributed by atoms with E-state index in [1.54, 1.807) is 0 Å². The van der Waals surface area contributed by atoms with E-state index in [1.807, 2.05) is 54.6 Å². The van der Waals surface area contributed by atoms with Crippen LogP contribution in [0.5, 0.6) is 5.75 Å². The van der Waals surface area contributed by atoms with Crippen LogP contribution < -0.4 is 4.74 Å². The monoisotopic (exact) mass is 346 g/mol. The minimum Gasteiger partial charge on any atom is -0.491 e. The third-order valence-electron chi connectivity index (χ3n) is 3.71. The summed E-state index contributed by atoms with van der Waals surface area (Å²) in [6.07, 6.45) is -0.739. The van der Waals surface area contributed by atoms with Gasteiger partial charge < -0.3 is 9.84 Å². The van der Waals surface area contributed by atoms with E-state index in [9.17, 15) is 9.32 Å². The van der Waals surface area contributed by atoms with Crippen molar-refractivity contribution < 1.29 is 14.1 Å². The molecular weight excluding hydrogens is 320 g/mol. The molecule has 2 atom stereocenters. The van der Waals surface area contributed by atoms with Crippen LogP contribution >= 0.6 is 0 Å². The van der Waals surface area contributed by atoms with Crippen molar-refractivity contribution >= 4 is 10.8 Å². The molecule has 0 saturated carbocycles. The van der Waals surface area contributed by atoms with Gasteiger partial charge in [-0.15, -0.1) is 0 Å². The standard InChI is InChI=1S/C20H26O3S/c1-20(2,3)17-9-11-19(12-10-17)23-13-18(21)15-24(22)14-16-7-5-4-6-8-16/h4-12,18,21H,13-15H2,1-3H3/t18-,24-/m0/s1. The molecule has 0 bridgehead atoms. The SMILES string of the molecule is CC(C)(C)c1ccc(OC[C@H](O)C[S@@](=O)Cc2ccccc2)cc1. The van der Waals surface area contributed by atoms with Crippen LogP contribution in [0, 0.1) is 0 Å². The molecule has 2 rings (SSSR count). The van der Waals surface area contributed by atoms with Crippen LogP contribution in [0.25, 0.3) is 0 Å². The minimum atomic E-state index is -1.10. The van der Waals surface area contributed by atoms with Gasteiger partial charge in [0.1, 0.15) is 12.4 Å². The number of aliphatic hydroxyl groups is 1. The second-order valence-electron chi connectivity index (χ2n) is 6.98. The Labute approximate surface area is 147 Å². The zero-order valence-corrected chi connectivity index (χ0v) is 15.4. The van der Waals surface area contributed by atoms with Crippen molar-refractivity contribution in [3.05, 3.63) is 65.7 Å². The van der Waals surface area contributed by atoms with Crippen LogP contribution in [0.3, 0.4) is 0 Å². The van der Waals surface area contributed by atoms with Crippen molar-refractivity contribution in [2.24, 2.45) is 0 Å². The molecule has 0 heterocycles.